The van der Waals surface area contributed by atoms with Crippen LogP contribution in [0.2, 0.25) is 0 Å². The first-order valence-electron chi connectivity index (χ1n) is 5.64. The quantitative estimate of drug-likeness (QED) is 0.471. The lowest BCUT2D eigenvalue weighted by Crippen LogP contribution is -2.32. The van der Waals surface area contributed by atoms with Gasteiger partial charge in [0.25, 0.3) is 0 Å². The molecule has 0 saturated carbocycles. The summed E-state index contributed by atoms with van der Waals surface area (Å²) in [6, 6.07) is 8.45. The minimum absolute atomic E-state index is 0.0616. The van der Waals surface area contributed by atoms with Gasteiger partial charge in [0, 0.05) is 0 Å². The van der Waals surface area contributed by atoms with Gasteiger partial charge in [-0.2, -0.15) is 0 Å². The van der Waals surface area contributed by atoms with Crippen LogP contribution in [0.3, 0.4) is 0 Å². The molecule has 1 aromatic rings. The van der Waals surface area contributed by atoms with E-state index in [4.69, 9.17) is 4.52 Å². The van der Waals surface area contributed by atoms with Gasteiger partial charge < -0.3 is 0 Å². The van der Waals surface area contributed by atoms with Gasteiger partial charge in [0.05, 0.1) is 10.00 Å². The van der Waals surface area contributed by atoms with Gasteiger partial charge in [-0.25, -0.2) is 0 Å². The average molecular weight is 319 g/mol. The van der Waals surface area contributed by atoms with Crippen LogP contribution in [0, 0.1) is 6.92 Å². The molecule has 0 bridgehead atoms. The lowest BCUT2D eigenvalue weighted by Gasteiger charge is -2.23. The van der Waals surface area contributed by atoms with Crippen LogP contribution in [-0.2, 0) is 9.09 Å². The molecule has 1 fully saturated rings. The predicted molar refractivity (Wildman–Crippen MR) is 84.6 cm³/mol. The Morgan fingerprint density at radius 2 is 1.94 bits per heavy atom. The smallest absolute Gasteiger partial charge is 0.130 e. The molecule has 6 heteroatoms. The van der Waals surface area contributed by atoms with Crippen molar-refractivity contribution in [3.63, 3.8) is 0 Å². The van der Waals surface area contributed by atoms with E-state index >= 15 is 0 Å². The van der Waals surface area contributed by atoms with Gasteiger partial charge in [0.15, 0.2) is 0 Å². The summed E-state index contributed by atoms with van der Waals surface area (Å²) in [5, 5.41) is 0.205. The molecule has 1 heterocycles. The predicted octanol–water partition coefficient (Wildman–Crippen LogP) is 5.18. The number of thiol groups is 1. The normalized spacial score (nSPS) is 27.2. The number of hydrogen-bond donors (Lipinski definition) is 1. The molecule has 1 aromatic carbocycles. The van der Waals surface area contributed by atoms with Gasteiger partial charge in [-0.3, -0.25) is 0 Å². The third kappa shape index (κ3) is 3.26. The molecule has 18 heavy (non-hydrogen) atoms. The number of hydrogen-bond acceptors (Lipinski definition) is 4. The molecule has 0 N–H and O–H groups in total. The summed E-state index contributed by atoms with van der Waals surface area (Å²) in [5.74, 6) is 0. The second-order valence-corrected chi connectivity index (χ2v) is 9.54. The van der Waals surface area contributed by atoms with E-state index < -0.39 is 7.23 Å². The van der Waals surface area contributed by atoms with Crippen LogP contribution in [0.25, 0.3) is 0 Å². The van der Waals surface area contributed by atoms with E-state index in [1.165, 1.54) is 11.1 Å². The lowest BCUT2D eigenvalue weighted by atomic mass is 9.97. The summed E-state index contributed by atoms with van der Waals surface area (Å²) in [5.41, 5.74) is 2.46. The Morgan fingerprint density at radius 1 is 1.33 bits per heavy atom. The minimum atomic E-state index is -1.88. The number of aryl methyl sites for hydroxylation is 1. The highest BCUT2D eigenvalue weighted by Gasteiger charge is 2.49. The van der Waals surface area contributed by atoms with E-state index in [2.05, 4.69) is 57.3 Å². The summed E-state index contributed by atoms with van der Waals surface area (Å²) in [6.07, 6.45) is -0.0867. The van der Waals surface area contributed by atoms with Gasteiger partial charge in [-0.1, -0.05) is 51.4 Å². The molecular formula is C12H16O2PS3+. The van der Waals surface area contributed by atoms with Crippen LogP contribution in [0.5, 0.6) is 0 Å². The molecule has 0 aliphatic carbocycles. The molecule has 0 radical (unpaired) electrons. The number of benzene rings is 1. The van der Waals surface area contributed by atoms with Gasteiger partial charge in [0.1, 0.15) is 18.4 Å². The molecule has 3 atom stereocenters. The van der Waals surface area contributed by atoms with Gasteiger partial charge in [-0.15, -0.1) is 4.52 Å². The summed E-state index contributed by atoms with van der Waals surface area (Å²) in [7, 11) is 1.70. The van der Waals surface area contributed by atoms with Crippen molar-refractivity contribution >= 4 is 41.1 Å². The van der Waals surface area contributed by atoms with Gasteiger partial charge >= 0.3 is 7.23 Å². The standard InChI is InChI=1S/C12H15O2PS3/c1-8-4-6-9(7-5-8)10-11(14-15(13)16)12(2,3)18-17-10/h4-7,10-11H,1-3H3/p+1/t10?,11-/m0/s1. The van der Waals surface area contributed by atoms with E-state index in [1.54, 1.807) is 21.6 Å². The van der Waals surface area contributed by atoms with Crippen molar-refractivity contribution in [2.45, 2.75) is 36.9 Å². The minimum Gasteiger partial charge on any atom is -0.130 e. The van der Waals surface area contributed by atoms with Crippen molar-refractivity contribution in [1.82, 2.24) is 0 Å². The topological polar surface area (TPSA) is 26.3 Å². The second-order valence-electron chi connectivity index (χ2n) is 4.88. The van der Waals surface area contributed by atoms with Crippen molar-refractivity contribution < 1.29 is 9.09 Å². The molecule has 2 nitrogen and oxygen atoms in total. The first-order valence-corrected chi connectivity index (χ1v) is 10.2. The van der Waals surface area contributed by atoms with E-state index in [0.717, 1.165) is 0 Å². The van der Waals surface area contributed by atoms with Crippen LogP contribution < -0.4 is 0 Å². The fourth-order valence-corrected chi connectivity index (χ4v) is 6.40. The van der Waals surface area contributed by atoms with Crippen molar-refractivity contribution in [1.29, 1.82) is 0 Å². The first-order chi connectivity index (χ1) is 8.40. The molecular weight excluding hydrogens is 303 g/mol. The van der Waals surface area contributed by atoms with Gasteiger partial charge in [0.2, 0.25) is 0 Å². The third-order valence-electron chi connectivity index (χ3n) is 2.94. The van der Waals surface area contributed by atoms with Gasteiger partial charge in [-0.05, 0) is 30.9 Å². The van der Waals surface area contributed by atoms with Crippen LogP contribution in [0.4, 0.5) is 0 Å². The van der Waals surface area contributed by atoms with Crippen molar-refractivity contribution in [3.8, 4) is 0 Å². The monoisotopic (exact) mass is 319 g/mol. The average Bonchev–Trinajstić information content (AvgIpc) is 2.56. The Labute approximate surface area is 122 Å². The Bertz CT molecular complexity index is 447. The second kappa shape index (κ2) is 5.76. The Balaban J connectivity index is 2.26. The Hall–Kier alpha value is 0.330. The Morgan fingerprint density at radius 3 is 2.50 bits per heavy atom. The van der Waals surface area contributed by atoms with Crippen molar-refractivity contribution in [3.05, 3.63) is 35.4 Å². The zero-order valence-corrected chi connectivity index (χ0v) is 13.9. The molecule has 2 unspecified atom stereocenters. The van der Waals surface area contributed by atoms with Crippen LogP contribution in [-0.4, -0.2) is 10.9 Å². The maximum atomic E-state index is 11.3. The summed E-state index contributed by atoms with van der Waals surface area (Å²) in [6.45, 7) is 6.31. The third-order valence-corrected chi connectivity index (χ3v) is 7.31. The highest BCUT2D eigenvalue weighted by molar-refractivity contribution is 8.77. The summed E-state index contributed by atoms with van der Waals surface area (Å²) >= 11 is 3.89. The van der Waals surface area contributed by atoms with E-state index in [1.807, 2.05) is 0 Å². The SMILES string of the molecule is Cc1ccc(C2SSC(C)(C)[C@H]2O[P+](=O)S)cc1. The zero-order valence-electron chi connectivity index (χ0n) is 10.5. The lowest BCUT2D eigenvalue weighted by molar-refractivity contribution is 0.187. The van der Waals surface area contributed by atoms with Crippen molar-refractivity contribution in [2.24, 2.45) is 0 Å². The fourth-order valence-electron chi connectivity index (χ4n) is 1.90. The maximum Gasteiger partial charge on any atom is 0.582 e. The Kier molecular flexibility index (Phi) is 4.71. The largest absolute Gasteiger partial charge is 0.582 e. The molecule has 0 aromatic heterocycles. The molecule has 1 saturated heterocycles. The molecule has 2 rings (SSSR count). The summed E-state index contributed by atoms with van der Waals surface area (Å²) < 4.78 is 16.8. The molecule has 1 aliphatic heterocycles. The number of rotatable bonds is 3. The zero-order chi connectivity index (χ0) is 13.3. The first kappa shape index (κ1) is 14.7. The summed E-state index contributed by atoms with van der Waals surface area (Å²) in [4.78, 5) is 0. The van der Waals surface area contributed by atoms with Crippen molar-refractivity contribution in [2.75, 3.05) is 0 Å². The highest BCUT2D eigenvalue weighted by Crippen LogP contribution is 2.61. The van der Waals surface area contributed by atoms with E-state index in [9.17, 15) is 4.57 Å². The maximum absolute atomic E-state index is 11.3. The molecule has 0 amide bonds. The fraction of sp³-hybridized carbons (Fsp3) is 0.500. The highest BCUT2D eigenvalue weighted by atomic mass is 33.1. The van der Waals surface area contributed by atoms with Crippen LogP contribution in [0.1, 0.15) is 30.2 Å². The van der Waals surface area contributed by atoms with E-state index in [0.29, 0.717) is 0 Å². The molecule has 98 valence electrons. The van der Waals surface area contributed by atoms with Crippen LogP contribution in [0.15, 0.2) is 24.3 Å². The molecule has 1 aliphatic rings. The van der Waals surface area contributed by atoms with E-state index in [-0.39, 0.29) is 16.1 Å². The molecule has 0 spiro atoms. The van der Waals surface area contributed by atoms with Crippen LogP contribution >= 0.6 is 41.1 Å².